The quantitative estimate of drug-likeness (QED) is 0.784. The molecular weight excluding hydrogens is 206 g/mol. The van der Waals surface area contributed by atoms with Crippen LogP contribution in [0.15, 0.2) is 42.5 Å². The SMILES string of the molecule is NC1CCCCC1c1ccc2ccccc2c1. The summed E-state index contributed by atoms with van der Waals surface area (Å²) >= 11 is 0. The van der Waals surface area contributed by atoms with Gasteiger partial charge in [-0.15, -0.1) is 0 Å². The van der Waals surface area contributed by atoms with Gasteiger partial charge in [0.2, 0.25) is 0 Å². The highest BCUT2D eigenvalue weighted by atomic mass is 14.7. The molecule has 1 heteroatoms. The summed E-state index contributed by atoms with van der Waals surface area (Å²) in [4.78, 5) is 0. The Hall–Kier alpha value is -1.34. The number of nitrogens with two attached hydrogens (primary N) is 1. The predicted molar refractivity (Wildman–Crippen MR) is 73.1 cm³/mol. The highest BCUT2D eigenvalue weighted by Crippen LogP contribution is 2.33. The van der Waals surface area contributed by atoms with E-state index in [1.165, 1.54) is 42.0 Å². The van der Waals surface area contributed by atoms with E-state index in [2.05, 4.69) is 42.5 Å². The fraction of sp³-hybridized carbons (Fsp3) is 0.375. The zero-order valence-corrected chi connectivity index (χ0v) is 10.1. The van der Waals surface area contributed by atoms with E-state index >= 15 is 0 Å². The number of hydrogen-bond donors (Lipinski definition) is 1. The van der Waals surface area contributed by atoms with Crippen LogP contribution < -0.4 is 5.73 Å². The molecule has 0 heterocycles. The van der Waals surface area contributed by atoms with Crippen molar-refractivity contribution in [2.45, 2.75) is 37.6 Å². The molecule has 1 nitrogen and oxygen atoms in total. The van der Waals surface area contributed by atoms with Gasteiger partial charge in [0, 0.05) is 6.04 Å². The van der Waals surface area contributed by atoms with Crippen LogP contribution >= 0.6 is 0 Å². The molecule has 2 aromatic rings. The Morgan fingerprint density at radius 2 is 1.65 bits per heavy atom. The van der Waals surface area contributed by atoms with Crippen LogP contribution in [0.3, 0.4) is 0 Å². The van der Waals surface area contributed by atoms with Crippen molar-refractivity contribution >= 4 is 10.8 Å². The van der Waals surface area contributed by atoms with E-state index in [-0.39, 0.29) is 0 Å². The van der Waals surface area contributed by atoms with Crippen molar-refractivity contribution in [3.05, 3.63) is 48.0 Å². The summed E-state index contributed by atoms with van der Waals surface area (Å²) in [6.45, 7) is 0. The van der Waals surface area contributed by atoms with Gasteiger partial charge >= 0.3 is 0 Å². The topological polar surface area (TPSA) is 26.0 Å². The van der Waals surface area contributed by atoms with E-state index in [0.717, 1.165) is 0 Å². The Morgan fingerprint density at radius 1 is 0.882 bits per heavy atom. The van der Waals surface area contributed by atoms with Gasteiger partial charge in [-0.2, -0.15) is 0 Å². The summed E-state index contributed by atoms with van der Waals surface area (Å²) in [6, 6.07) is 15.7. The van der Waals surface area contributed by atoms with Crippen molar-refractivity contribution in [1.82, 2.24) is 0 Å². The molecule has 0 aliphatic heterocycles. The van der Waals surface area contributed by atoms with Crippen LogP contribution in [0.5, 0.6) is 0 Å². The molecule has 2 N–H and O–H groups in total. The van der Waals surface area contributed by atoms with Gasteiger partial charge in [0.25, 0.3) is 0 Å². The predicted octanol–water partition coefficient (Wildman–Crippen LogP) is 3.82. The van der Waals surface area contributed by atoms with E-state index in [1.807, 2.05) is 0 Å². The van der Waals surface area contributed by atoms with E-state index in [9.17, 15) is 0 Å². The molecule has 0 aromatic heterocycles. The maximum Gasteiger partial charge on any atom is 0.0108 e. The zero-order chi connectivity index (χ0) is 11.7. The number of benzene rings is 2. The molecule has 2 unspecified atom stereocenters. The summed E-state index contributed by atoms with van der Waals surface area (Å²) in [6.07, 6.45) is 5.05. The largest absolute Gasteiger partial charge is 0.327 e. The van der Waals surface area contributed by atoms with E-state index in [4.69, 9.17) is 5.73 Å². The van der Waals surface area contributed by atoms with Crippen molar-refractivity contribution < 1.29 is 0 Å². The first-order valence-electron chi connectivity index (χ1n) is 6.59. The maximum atomic E-state index is 6.26. The number of fused-ring (bicyclic) bond motifs is 1. The second-order valence-corrected chi connectivity index (χ2v) is 5.16. The highest BCUT2D eigenvalue weighted by Gasteiger charge is 2.23. The minimum Gasteiger partial charge on any atom is -0.327 e. The summed E-state index contributed by atoms with van der Waals surface area (Å²) < 4.78 is 0. The molecule has 17 heavy (non-hydrogen) atoms. The van der Waals surface area contributed by atoms with Crippen molar-refractivity contribution in [2.24, 2.45) is 5.73 Å². The third-order valence-electron chi connectivity index (χ3n) is 4.02. The molecule has 0 radical (unpaired) electrons. The van der Waals surface area contributed by atoms with Crippen LogP contribution in [0.25, 0.3) is 10.8 Å². The normalized spacial score (nSPS) is 25.0. The lowest BCUT2D eigenvalue weighted by Crippen LogP contribution is -2.31. The van der Waals surface area contributed by atoms with Crippen LogP contribution in [0.1, 0.15) is 37.2 Å². The monoisotopic (exact) mass is 225 g/mol. The van der Waals surface area contributed by atoms with Gasteiger partial charge in [-0.1, -0.05) is 55.3 Å². The Bertz CT molecular complexity index is 518. The molecule has 2 aromatic carbocycles. The lowest BCUT2D eigenvalue weighted by molar-refractivity contribution is 0.385. The van der Waals surface area contributed by atoms with Crippen LogP contribution in [-0.4, -0.2) is 6.04 Å². The second-order valence-electron chi connectivity index (χ2n) is 5.16. The van der Waals surface area contributed by atoms with Gasteiger partial charge < -0.3 is 5.73 Å². The molecular formula is C16H19N. The number of rotatable bonds is 1. The van der Waals surface area contributed by atoms with E-state index < -0.39 is 0 Å². The van der Waals surface area contributed by atoms with Crippen molar-refractivity contribution in [3.63, 3.8) is 0 Å². The molecule has 1 aliphatic carbocycles. The summed E-state index contributed by atoms with van der Waals surface area (Å²) in [5.74, 6) is 0.563. The molecule has 2 atom stereocenters. The van der Waals surface area contributed by atoms with E-state index in [1.54, 1.807) is 0 Å². The number of hydrogen-bond acceptors (Lipinski definition) is 1. The first-order chi connectivity index (χ1) is 8.34. The van der Waals surface area contributed by atoms with Gasteiger partial charge in [-0.05, 0) is 35.1 Å². The molecule has 3 rings (SSSR count). The Morgan fingerprint density at radius 3 is 2.47 bits per heavy atom. The van der Waals surface area contributed by atoms with Gasteiger partial charge in [-0.25, -0.2) is 0 Å². The fourth-order valence-corrected chi connectivity index (χ4v) is 3.01. The van der Waals surface area contributed by atoms with Gasteiger partial charge in [0.05, 0.1) is 0 Å². The smallest absolute Gasteiger partial charge is 0.0108 e. The van der Waals surface area contributed by atoms with Crippen LogP contribution in [0.2, 0.25) is 0 Å². The minimum absolute atomic E-state index is 0.352. The van der Waals surface area contributed by atoms with E-state index in [0.29, 0.717) is 12.0 Å². The molecule has 0 bridgehead atoms. The van der Waals surface area contributed by atoms with Crippen LogP contribution in [0.4, 0.5) is 0 Å². The molecule has 1 saturated carbocycles. The zero-order valence-electron chi connectivity index (χ0n) is 10.1. The molecule has 0 spiro atoms. The lowest BCUT2D eigenvalue weighted by atomic mass is 9.80. The second kappa shape index (κ2) is 4.50. The van der Waals surface area contributed by atoms with Gasteiger partial charge in [0.1, 0.15) is 0 Å². The molecule has 0 amide bonds. The van der Waals surface area contributed by atoms with Crippen molar-refractivity contribution in [3.8, 4) is 0 Å². The first kappa shape index (κ1) is 10.8. The molecule has 1 fully saturated rings. The maximum absolute atomic E-state index is 6.26. The average Bonchev–Trinajstić information content (AvgIpc) is 2.39. The first-order valence-corrected chi connectivity index (χ1v) is 6.59. The van der Waals surface area contributed by atoms with Crippen molar-refractivity contribution in [2.75, 3.05) is 0 Å². The third kappa shape index (κ3) is 2.07. The molecule has 88 valence electrons. The van der Waals surface area contributed by atoms with Crippen molar-refractivity contribution in [1.29, 1.82) is 0 Å². The van der Waals surface area contributed by atoms with Gasteiger partial charge in [0.15, 0.2) is 0 Å². The summed E-state index contributed by atoms with van der Waals surface area (Å²) in [5.41, 5.74) is 7.68. The molecule has 1 aliphatic rings. The Balaban J connectivity index is 1.99. The third-order valence-corrected chi connectivity index (χ3v) is 4.02. The van der Waals surface area contributed by atoms with Gasteiger partial charge in [-0.3, -0.25) is 0 Å². The lowest BCUT2D eigenvalue weighted by Gasteiger charge is -2.29. The standard InChI is InChI=1S/C16H19N/c17-16-8-4-3-7-15(16)14-10-9-12-5-1-2-6-13(12)11-14/h1-2,5-6,9-11,15-16H,3-4,7-8,17H2. The average molecular weight is 225 g/mol. The van der Waals surface area contributed by atoms with Crippen LogP contribution in [-0.2, 0) is 0 Å². The summed E-state index contributed by atoms with van der Waals surface area (Å²) in [7, 11) is 0. The minimum atomic E-state index is 0.352. The highest BCUT2D eigenvalue weighted by molar-refractivity contribution is 5.83. The summed E-state index contributed by atoms with van der Waals surface area (Å²) in [5, 5.41) is 2.66. The fourth-order valence-electron chi connectivity index (χ4n) is 3.01. The van der Waals surface area contributed by atoms with Crippen LogP contribution in [0, 0.1) is 0 Å². The Kier molecular flexibility index (Phi) is 2.86. The molecule has 0 saturated heterocycles. The Labute approximate surface area is 103 Å².